The summed E-state index contributed by atoms with van der Waals surface area (Å²) >= 11 is 0. The van der Waals surface area contributed by atoms with E-state index in [1.54, 1.807) is 0 Å². The molecule has 0 bridgehead atoms. The molecule has 1 N–H and O–H groups in total. The number of benzene rings is 1. The summed E-state index contributed by atoms with van der Waals surface area (Å²) in [6.07, 6.45) is 5.05. The van der Waals surface area contributed by atoms with E-state index < -0.39 is 5.41 Å². The zero-order valence-corrected chi connectivity index (χ0v) is 16.4. The number of carbonyl (C=O) groups is 1. The molecule has 2 fully saturated rings. The molecule has 3 rings (SSSR count). The number of nitrogens with one attached hydrogen (secondary N) is 1. The van der Waals surface area contributed by atoms with Gasteiger partial charge in [-0.2, -0.15) is 0 Å². The van der Waals surface area contributed by atoms with E-state index in [1.165, 1.54) is 12.8 Å². The molecule has 1 aromatic carbocycles. The summed E-state index contributed by atoms with van der Waals surface area (Å²) in [5.74, 6) is 1.02. The zero-order chi connectivity index (χ0) is 18.4. The highest BCUT2D eigenvalue weighted by molar-refractivity contribution is 5.88. The molecule has 1 unspecified atom stereocenters. The van der Waals surface area contributed by atoms with Crippen LogP contribution in [0, 0.1) is 5.92 Å². The highest BCUT2D eigenvalue weighted by Crippen LogP contribution is 2.35. The van der Waals surface area contributed by atoms with Crippen molar-refractivity contribution in [3.8, 4) is 0 Å². The molecule has 26 heavy (non-hydrogen) atoms. The molecule has 0 radical (unpaired) electrons. The van der Waals surface area contributed by atoms with Crippen molar-refractivity contribution in [1.29, 1.82) is 0 Å². The van der Waals surface area contributed by atoms with Gasteiger partial charge in [0.15, 0.2) is 0 Å². The van der Waals surface area contributed by atoms with Gasteiger partial charge in [0.05, 0.1) is 5.41 Å². The van der Waals surface area contributed by atoms with Crippen LogP contribution in [0.4, 0.5) is 0 Å². The fourth-order valence-electron chi connectivity index (χ4n) is 4.28. The smallest absolute Gasteiger partial charge is 0.231 e. The lowest BCUT2D eigenvalue weighted by Gasteiger charge is -2.38. The van der Waals surface area contributed by atoms with E-state index in [9.17, 15) is 4.79 Å². The second kappa shape index (κ2) is 9.01. The minimum absolute atomic E-state index is 0.184. The Kier molecular flexibility index (Phi) is 6.71. The zero-order valence-electron chi connectivity index (χ0n) is 16.4. The normalized spacial score (nSPS) is 22.7. The van der Waals surface area contributed by atoms with Crippen LogP contribution in [0.2, 0.25) is 0 Å². The molecule has 2 heterocycles. The number of nitrogens with zero attached hydrogens (tertiary/aromatic N) is 1. The van der Waals surface area contributed by atoms with Gasteiger partial charge in [0, 0.05) is 25.8 Å². The van der Waals surface area contributed by atoms with Gasteiger partial charge in [-0.05, 0) is 56.7 Å². The predicted octanol–water partition coefficient (Wildman–Crippen LogP) is 3.36. The molecule has 0 aliphatic carbocycles. The molecular weight excluding hydrogens is 324 g/mol. The molecule has 1 atom stereocenters. The predicted molar refractivity (Wildman–Crippen MR) is 105 cm³/mol. The molecule has 4 heteroatoms. The van der Waals surface area contributed by atoms with Gasteiger partial charge < -0.3 is 15.0 Å². The van der Waals surface area contributed by atoms with Crippen LogP contribution in [-0.2, 0) is 14.9 Å². The van der Waals surface area contributed by atoms with Gasteiger partial charge in [-0.3, -0.25) is 4.79 Å². The van der Waals surface area contributed by atoms with Crippen molar-refractivity contribution in [3.05, 3.63) is 35.9 Å². The maximum Gasteiger partial charge on any atom is 0.231 e. The van der Waals surface area contributed by atoms with Gasteiger partial charge in [0.2, 0.25) is 5.91 Å². The molecule has 1 amide bonds. The Labute approximate surface area is 158 Å². The maximum absolute atomic E-state index is 13.4. The van der Waals surface area contributed by atoms with E-state index in [0.29, 0.717) is 13.2 Å². The standard InChI is InChI=1S/C22H34N2O2/c1-3-20(17-24-13-9-18(2)10-14-24)23-21(25)22(11-15-26-16-12-22)19-7-5-4-6-8-19/h4-8,18,20H,3,9-17H2,1-2H3,(H,23,25). The van der Waals surface area contributed by atoms with E-state index in [2.05, 4.69) is 36.2 Å². The summed E-state index contributed by atoms with van der Waals surface area (Å²) in [6.45, 7) is 9.11. The molecule has 2 aliphatic rings. The number of rotatable bonds is 6. The fourth-order valence-corrected chi connectivity index (χ4v) is 4.28. The Morgan fingerprint density at radius 1 is 1.23 bits per heavy atom. The topological polar surface area (TPSA) is 41.6 Å². The van der Waals surface area contributed by atoms with Gasteiger partial charge in [-0.25, -0.2) is 0 Å². The highest BCUT2D eigenvalue weighted by atomic mass is 16.5. The monoisotopic (exact) mass is 358 g/mol. The number of amides is 1. The van der Waals surface area contributed by atoms with E-state index in [-0.39, 0.29) is 11.9 Å². The van der Waals surface area contributed by atoms with Crippen molar-refractivity contribution in [2.75, 3.05) is 32.8 Å². The van der Waals surface area contributed by atoms with Crippen LogP contribution >= 0.6 is 0 Å². The van der Waals surface area contributed by atoms with Crippen molar-refractivity contribution >= 4 is 5.91 Å². The Morgan fingerprint density at radius 3 is 2.50 bits per heavy atom. The van der Waals surface area contributed by atoms with E-state index in [4.69, 9.17) is 4.74 Å². The first kappa shape index (κ1) is 19.4. The molecular formula is C22H34N2O2. The maximum atomic E-state index is 13.4. The number of carbonyl (C=O) groups excluding carboxylic acids is 1. The molecule has 2 aliphatic heterocycles. The molecule has 0 spiro atoms. The third kappa shape index (κ3) is 4.47. The minimum atomic E-state index is -0.441. The average Bonchev–Trinajstić information content (AvgIpc) is 2.70. The lowest BCUT2D eigenvalue weighted by Crippen LogP contribution is -2.53. The van der Waals surface area contributed by atoms with Crippen LogP contribution in [0.3, 0.4) is 0 Å². The van der Waals surface area contributed by atoms with E-state index in [0.717, 1.165) is 50.4 Å². The average molecular weight is 359 g/mol. The molecule has 0 saturated carbocycles. The van der Waals surface area contributed by atoms with Crippen LogP contribution in [-0.4, -0.2) is 49.7 Å². The number of hydrogen-bond donors (Lipinski definition) is 1. The summed E-state index contributed by atoms with van der Waals surface area (Å²) in [7, 11) is 0. The van der Waals surface area contributed by atoms with Crippen molar-refractivity contribution in [2.24, 2.45) is 5.92 Å². The molecule has 4 nitrogen and oxygen atoms in total. The second-order valence-corrected chi connectivity index (χ2v) is 8.12. The number of ether oxygens (including phenoxy) is 1. The Hall–Kier alpha value is -1.39. The SMILES string of the molecule is CCC(CN1CCC(C)CC1)NC(=O)C1(c2ccccc2)CCOCC1. The third-order valence-electron chi connectivity index (χ3n) is 6.29. The summed E-state index contributed by atoms with van der Waals surface area (Å²) in [4.78, 5) is 15.9. The minimum Gasteiger partial charge on any atom is -0.381 e. The van der Waals surface area contributed by atoms with Gasteiger partial charge >= 0.3 is 0 Å². The lowest BCUT2D eigenvalue weighted by molar-refractivity contribution is -0.131. The Bertz CT molecular complexity index is 561. The van der Waals surface area contributed by atoms with Crippen molar-refractivity contribution < 1.29 is 9.53 Å². The second-order valence-electron chi connectivity index (χ2n) is 8.12. The number of piperidine rings is 1. The summed E-state index contributed by atoms with van der Waals surface area (Å²) in [5.41, 5.74) is 0.686. The molecule has 0 aromatic heterocycles. The van der Waals surface area contributed by atoms with Crippen molar-refractivity contribution in [2.45, 2.75) is 57.4 Å². The van der Waals surface area contributed by atoms with E-state index in [1.807, 2.05) is 18.2 Å². The van der Waals surface area contributed by atoms with Crippen LogP contribution < -0.4 is 5.32 Å². The van der Waals surface area contributed by atoms with Crippen LogP contribution in [0.25, 0.3) is 0 Å². The first-order valence-electron chi connectivity index (χ1n) is 10.3. The summed E-state index contributed by atoms with van der Waals surface area (Å²) in [5, 5.41) is 3.40. The van der Waals surface area contributed by atoms with Crippen LogP contribution in [0.1, 0.15) is 51.5 Å². The fraction of sp³-hybridized carbons (Fsp3) is 0.682. The quantitative estimate of drug-likeness (QED) is 0.848. The van der Waals surface area contributed by atoms with Crippen molar-refractivity contribution in [3.63, 3.8) is 0 Å². The number of likely N-dealkylation sites (tertiary alicyclic amines) is 1. The first-order chi connectivity index (χ1) is 12.6. The van der Waals surface area contributed by atoms with Crippen LogP contribution in [0.15, 0.2) is 30.3 Å². The number of hydrogen-bond acceptors (Lipinski definition) is 3. The Balaban J connectivity index is 1.68. The first-order valence-corrected chi connectivity index (χ1v) is 10.3. The molecule has 144 valence electrons. The summed E-state index contributed by atoms with van der Waals surface area (Å²) < 4.78 is 5.57. The Morgan fingerprint density at radius 2 is 1.88 bits per heavy atom. The van der Waals surface area contributed by atoms with Gasteiger partial charge in [0.25, 0.3) is 0 Å². The van der Waals surface area contributed by atoms with Crippen LogP contribution in [0.5, 0.6) is 0 Å². The molecule has 1 aromatic rings. The molecule has 2 saturated heterocycles. The summed E-state index contributed by atoms with van der Waals surface area (Å²) in [6, 6.07) is 10.5. The largest absolute Gasteiger partial charge is 0.381 e. The van der Waals surface area contributed by atoms with Crippen molar-refractivity contribution in [1.82, 2.24) is 10.2 Å². The van der Waals surface area contributed by atoms with E-state index >= 15 is 0 Å². The van der Waals surface area contributed by atoms with Gasteiger partial charge in [0.1, 0.15) is 0 Å². The lowest BCUT2D eigenvalue weighted by atomic mass is 9.73. The van der Waals surface area contributed by atoms with Gasteiger partial charge in [-0.1, -0.05) is 44.2 Å². The van der Waals surface area contributed by atoms with Gasteiger partial charge in [-0.15, -0.1) is 0 Å². The highest BCUT2D eigenvalue weighted by Gasteiger charge is 2.42. The third-order valence-corrected chi connectivity index (χ3v) is 6.29.